The number of halogens is 2. The lowest BCUT2D eigenvalue weighted by atomic mass is 9.85. The first-order valence-corrected chi connectivity index (χ1v) is 10.0. The molecule has 1 heterocycles. The number of carbonyl (C=O) groups excluding carboxylic acids is 2. The van der Waals surface area contributed by atoms with Crippen LogP contribution in [-0.2, 0) is 17.6 Å². The molecule has 3 rings (SSSR count). The van der Waals surface area contributed by atoms with Gasteiger partial charge < -0.3 is 10.1 Å². The fourth-order valence-electron chi connectivity index (χ4n) is 3.22. The van der Waals surface area contributed by atoms with Crippen molar-refractivity contribution in [3.8, 4) is 0 Å². The van der Waals surface area contributed by atoms with Crippen LogP contribution in [0.5, 0.6) is 0 Å². The van der Waals surface area contributed by atoms with Crippen LogP contribution < -0.4 is 5.32 Å². The third-order valence-electron chi connectivity index (χ3n) is 4.74. The second kappa shape index (κ2) is 7.99. The number of hydrogen-bond donors (Lipinski definition) is 1. The van der Waals surface area contributed by atoms with E-state index in [1.807, 2.05) is 0 Å². The van der Waals surface area contributed by atoms with E-state index in [2.05, 4.69) is 12.2 Å². The van der Waals surface area contributed by atoms with Gasteiger partial charge in [-0.05, 0) is 48.9 Å². The minimum absolute atomic E-state index is 0.309. The van der Waals surface area contributed by atoms with Crippen molar-refractivity contribution in [3.05, 3.63) is 49.8 Å². The summed E-state index contributed by atoms with van der Waals surface area (Å²) in [6.45, 7) is 2.18. The van der Waals surface area contributed by atoms with E-state index in [-0.39, 0.29) is 5.91 Å². The number of nitrogens with one attached hydrogen (secondary N) is 1. The number of thiophene rings is 1. The van der Waals surface area contributed by atoms with Crippen LogP contribution in [0.4, 0.5) is 5.00 Å². The number of esters is 1. The van der Waals surface area contributed by atoms with Gasteiger partial charge in [-0.2, -0.15) is 0 Å². The zero-order chi connectivity index (χ0) is 18.8. The molecule has 1 atom stereocenters. The van der Waals surface area contributed by atoms with E-state index in [0.717, 1.165) is 36.1 Å². The van der Waals surface area contributed by atoms with Crippen molar-refractivity contribution >= 4 is 51.4 Å². The van der Waals surface area contributed by atoms with Crippen molar-refractivity contribution in [1.82, 2.24) is 0 Å². The molecule has 0 saturated heterocycles. The average Bonchev–Trinajstić information content (AvgIpc) is 2.99. The van der Waals surface area contributed by atoms with Gasteiger partial charge in [0.05, 0.1) is 22.7 Å². The molecule has 1 aliphatic rings. The molecule has 7 heteroatoms. The Morgan fingerprint density at radius 2 is 2.08 bits per heavy atom. The van der Waals surface area contributed by atoms with Crippen molar-refractivity contribution in [3.63, 3.8) is 0 Å². The zero-order valence-electron chi connectivity index (χ0n) is 14.5. The summed E-state index contributed by atoms with van der Waals surface area (Å²) in [5.41, 5.74) is 1.87. The minimum atomic E-state index is -0.415. The molecule has 4 nitrogen and oxygen atoms in total. The van der Waals surface area contributed by atoms with Crippen molar-refractivity contribution < 1.29 is 14.3 Å². The van der Waals surface area contributed by atoms with Crippen LogP contribution in [0.3, 0.4) is 0 Å². The number of amides is 1. The van der Waals surface area contributed by atoms with Gasteiger partial charge in [0.1, 0.15) is 5.00 Å². The molecule has 0 fully saturated rings. The monoisotopic (exact) mass is 411 g/mol. The summed E-state index contributed by atoms with van der Waals surface area (Å²) in [6.07, 6.45) is 3.92. The van der Waals surface area contributed by atoms with E-state index in [1.54, 1.807) is 12.1 Å². The van der Waals surface area contributed by atoms with Crippen LogP contribution in [0.1, 0.15) is 50.9 Å². The standard InChI is InChI=1S/C19H19Cl2NO3S/c1-3-10-4-6-12-15(8-10)26-18(16(12)19(24)25-2)22-17(23)11-5-7-13(20)14(21)9-11/h5,7,9-10H,3-4,6,8H2,1-2H3,(H,22,23). The minimum Gasteiger partial charge on any atom is -0.465 e. The molecule has 0 saturated carbocycles. The van der Waals surface area contributed by atoms with Crippen molar-refractivity contribution in [2.45, 2.75) is 32.6 Å². The Morgan fingerprint density at radius 3 is 2.73 bits per heavy atom. The Bertz CT molecular complexity index is 863. The van der Waals surface area contributed by atoms with Crippen LogP contribution in [0.15, 0.2) is 18.2 Å². The molecule has 1 aromatic heterocycles. The normalized spacial score (nSPS) is 16.1. The Balaban J connectivity index is 1.93. The summed E-state index contributed by atoms with van der Waals surface area (Å²) in [5, 5.41) is 4.09. The number of benzene rings is 1. The molecule has 1 N–H and O–H groups in total. The highest BCUT2D eigenvalue weighted by molar-refractivity contribution is 7.17. The van der Waals surface area contributed by atoms with Gasteiger partial charge in [-0.3, -0.25) is 4.79 Å². The molecule has 0 aliphatic heterocycles. The number of methoxy groups -OCH3 is 1. The average molecular weight is 412 g/mol. The van der Waals surface area contributed by atoms with Gasteiger partial charge >= 0.3 is 5.97 Å². The molecule has 0 spiro atoms. The number of rotatable bonds is 4. The number of fused-ring (bicyclic) bond motifs is 1. The predicted octanol–water partition coefficient (Wildman–Crippen LogP) is 5.61. The van der Waals surface area contributed by atoms with E-state index in [1.165, 1.54) is 24.5 Å². The number of ether oxygens (including phenoxy) is 1. The summed E-state index contributed by atoms with van der Waals surface area (Å²) in [6, 6.07) is 4.69. The van der Waals surface area contributed by atoms with Gasteiger partial charge in [0.2, 0.25) is 0 Å². The maximum absolute atomic E-state index is 12.6. The van der Waals surface area contributed by atoms with E-state index in [4.69, 9.17) is 27.9 Å². The van der Waals surface area contributed by atoms with Gasteiger partial charge in [-0.1, -0.05) is 36.5 Å². The molecule has 0 radical (unpaired) electrons. The number of carbonyl (C=O) groups is 2. The highest BCUT2D eigenvalue weighted by Gasteiger charge is 2.29. The fourth-order valence-corrected chi connectivity index (χ4v) is 4.86. The van der Waals surface area contributed by atoms with Gasteiger partial charge in [0.25, 0.3) is 5.91 Å². The van der Waals surface area contributed by atoms with E-state index in [0.29, 0.717) is 32.1 Å². The van der Waals surface area contributed by atoms with E-state index >= 15 is 0 Å². The van der Waals surface area contributed by atoms with Gasteiger partial charge in [0.15, 0.2) is 0 Å². The summed E-state index contributed by atoms with van der Waals surface area (Å²) < 4.78 is 4.95. The quantitative estimate of drug-likeness (QED) is 0.665. The maximum Gasteiger partial charge on any atom is 0.341 e. The topological polar surface area (TPSA) is 55.4 Å². The van der Waals surface area contributed by atoms with Crippen molar-refractivity contribution in [2.24, 2.45) is 5.92 Å². The fraction of sp³-hybridized carbons (Fsp3) is 0.368. The first kappa shape index (κ1) is 19.2. The highest BCUT2D eigenvalue weighted by atomic mass is 35.5. The Labute approximate surface area is 166 Å². The van der Waals surface area contributed by atoms with Crippen LogP contribution in [-0.4, -0.2) is 19.0 Å². The van der Waals surface area contributed by atoms with Crippen molar-refractivity contribution in [1.29, 1.82) is 0 Å². The molecule has 1 aromatic carbocycles. The van der Waals surface area contributed by atoms with Crippen LogP contribution in [0.2, 0.25) is 10.0 Å². The molecule has 26 heavy (non-hydrogen) atoms. The molecule has 1 aliphatic carbocycles. The summed E-state index contributed by atoms with van der Waals surface area (Å²) in [4.78, 5) is 26.1. The third kappa shape index (κ3) is 3.75. The summed E-state index contributed by atoms with van der Waals surface area (Å²) >= 11 is 13.4. The van der Waals surface area contributed by atoms with Gasteiger partial charge in [0, 0.05) is 10.4 Å². The van der Waals surface area contributed by atoms with Crippen molar-refractivity contribution in [2.75, 3.05) is 12.4 Å². The Kier molecular flexibility index (Phi) is 5.90. The second-order valence-corrected chi connectivity index (χ2v) is 8.22. The molecule has 138 valence electrons. The SMILES string of the molecule is CCC1CCc2c(sc(NC(=O)c3ccc(Cl)c(Cl)c3)c2C(=O)OC)C1. The number of hydrogen-bond acceptors (Lipinski definition) is 4. The van der Waals surface area contributed by atoms with Gasteiger partial charge in [-0.25, -0.2) is 4.79 Å². The zero-order valence-corrected chi connectivity index (χ0v) is 16.9. The van der Waals surface area contributed by atoms with E-state index < -0.39 is 5.97 Å². The molecule has 1 amide bonds. The largest absolute Gasteiger partial charge is 0.465 e. The second-order valence-electron chi connectivity index (χ2n) is 6.30. The lowest BCUT2D eigenvalue weighted by Crippen LogP contribution is -2.16. The smallest absolute Gasteiger partial charge is 0.341 e. The summed E-state index contributed by atoms with van der Waals surface area (Å²) in [7, 11) is 1.36. The lowest BCUT2D eigenvalue weighted by molar-refractivity contribution is 0.0601. The first-order chi connectivity index (χ1) is 12.4. The molecule has 1 unspecified atom stereocenters. The highest BCUT2D eigenvalue weighted by Crippen LogP contribution is 2.41. The lowest BCUT2D eigenvalue weighted by Gasteiger charge is -2.20. The molecular formula is C19H19Cl2NO3S. The maximum atomic E-state index is 12.6. The Hall–Kier alpha value is -1.56. The Morgan fingerprint density at radius 1 is 1.31 bits per heavy atom. The third-order valence-corrected chi connectivity index (χ3v) is 6.65. The molecular weight excluding hydrogens is 393 g/mol. The van der Waals surface area contributed by atoms with Crippen LogP contribution in [0, 0.1) is 5.92 Å². The molecule has 2 aromatic rings. The predicted molar refractivity (Wildman–Crippen MR) is 106 cm³/mol. The number of anilines is 1. The van der Waals surface area contributed by atoms with Gasteiger partial charge in [-0.15, -0.1) is 11.3 Å². The van der Waals surface area contributed by atoms with Crippen LogP contribution >= 0.6 is 34.5 Å². The molecule has 0 bridgehead atoms. The van der Waals surface area contributed by atoms with Crippen LogP contribution in [0.25, 0.3) is 0 Å². The van der Waals surface area contributed by atoms with E-state index in [9.17, 15) is 9.59 Å². The summed E-state index contributed by atoms with van der Waals surface area (Å²) in [5.74, 6) is -0.133. The first-order valence-electron chi connectivity index (χ1n) is 8.43.